The van der Waals surface area contributed by atoms with Gasteiger partial charge in [0.2, 0.25) is 5.91 Å². The second-order valence-corrected chi connectivity index (χ2v) is 6.70. The molecule has 0 unspecified atom stereocenters. The number of aliphatic hydroxyl groups is 1. The van der Waals surface area contributed by atoms with Crippen molar-refractivity contribution in [3.63, 3.8) is 0 Å². The van der Waals surface area contributed by atoms with E-state index in [4.69, 9.17) is 16.7 Å². The summed E-state index contributed by atoms with van der Waals surface area (Å²) in [6.07, 6.45) is 4.84. The molecule has 0 aliphatic carbocycles. The van der Waals surface area contributed by atoms with Crippen LogP contribution in [0.2, 0.25) is 5.02 Å². The summed E-state index contributed by atoms with van der Waals surface area (Å²) in [5.74, 6) is -0.126. The summed E-state index contributed by atoms with van der Waals surface area (Å²) < 4.78 is 0. The molecule has 2 aromatic carbocycles. The minimum Gasteiger partial charge on any atom is -0.396 e. The summed E-state index contributed by atoms with van der Waals surface area (Å²) in [7, 11) is 0. The molecule has 0 radical (unpaired) electrons. The normalized spacial score (nSPS) is 10.9. The fourth-order valence-electron chi connectivity index (χ4n) is 2.01. The van der Waals surface area contributed by atoms with Crippen LogP contribution in [0, 0.1) is 0 Å². The number of halogens is 1. The predicted octanol–water partition coefficient (Wildman–Crippen LogP) is 4.39. The van der Waals surface area contributed by atoms with Crippen LogP contribution in [0.5, 0.6) is 0 Å². The molecule has 0 saturated heterocycles. The van der Waals surface area contributed by atoms with E-state index < -0.39 is 0 Å². The zero-order valence-corrected chi connectivity index (χ0v) is 14.8. The second kappa shape index (κ2) is 10.2. The van der Waals surface area contributed by atoms with Crippen LogP contribution < -0.4 is 5.32 Å². The van der Waals surface area contributed by atoms with Gasteiger partial charge in [0.05, 0.1) is 0 Å². The predicted molar refractivity (Wildman–Crippen MR) is 100 cm³/mol. The van der Waals surface area contributed by atoms with Crippen molar-refractivity contribution in [1.29, 1.82) is 0 Å². The largest absolute Gasteiger partial charge is 0.396 e. The van der Waals surface area contributed by atoms with Crippen LogP contribution in [0.3, 0.4) is 0 Å². The maximum Gasteiger partial charge on any atom is 0.243 e. The maximum atomic E-state index is 11.8. The van der Waals surface area contributed by atoms with Crippen molar-refractivity contribution in [3.05, 3.63) is 65.2 Å². The fourth-order valence-corrected chi connectivity index (χ4v) is 3.07. The minimum atomic E-state index is -0.126. The number of hydrogen-bond acceptors (Lipinski definition) is 3. The van der Waals surface area contributed by atoms with E-state index in [9.17, 15) is 4.79 Å². The average Bonchev–Trinajstić information content (AvgIpc) is 2.60. The second-order valence-electron chi connectivity index (χ2n) is 5.15. The van der Waals surface area contributed by atoms with Crippen LogP contribution in [-0.2, 0) is 4.79 Å². The number of hydrogen-bond donors (Lipinski definition) is 2. The van der Waals surface area contributed by atoms with Crippen LogP contribution in [-0.4, -0.2) is 24.2 Å². The molecule has 0 atom stereocenters. The Kier molecular flexibility index (Phi) is 7.89. The van der Waals surface area contributed by atoms with Crippen molar-refractivity contribution in [1.82, 2.24) is 5.32 Å². The zero-order chi connectivity index (χ0) is 17.2. The van der Waals surface area contributed by atoms with Crippen LogP contribution in [0.25, 0.3) is 6.08 Å². The summed E-state index contributed by atoms with van der Waals surface area (Å²) in [6, 6.07) is 15.6. The Labute approximate surface area is 151 Å². The van der Waals surface area contributed by atoms with Gasteiger partial charge in [-0.3, -0.25) is 4.79 Å². The van der Waals surface area contributed by atoms with Crippen LogP contribution >= 0.6 is 23.4 Å². The topological polar surface area (TPSA) is 49.3 Å². The van der Waals surface area contributed by atoms with Crippen LogP contribution in [0.4, 0.5) is 0 Å². The highest BCUT2D eigenvalue weighted by Gasteiger charge is 2.03. The van der Waals surface area contributed by atoms with Crippen LogP contribution in [0.15, 0.2) is 64.4 Å². The number of amides is 1. The average molecular weight is 362 g/mol. The fraction of sp³-hybridized carbons (Fsp3) is 0.211. The van der Waals surface area contributed by atoms with Gasteiger partial charge in [0.25, 0.3) is 0 Å². The monoisotopic (exact) mass is 361 g/mol. The Morgan fingerprint density at radius 1 is 1.12 bits per heavy atom. The third-order valence-corrected chi connectivity index (χ3v) is 4.61. The lowest BCUT2D eigenvalue weighted by Gasteiger charge is -2.06. The molecule has 5 heteroatoms. The van der Waals surface area contributed by atoms with Gasteiger partial charge < -0.3 is 10.4 Å². The van der Waals surface area contributed by atoms with Gasteiger partial charge in [-0.1, -0.05) is 41.6 Å². The molecule has 2 rings (SSSR count). The molecule has 0 aliphatic heterocycles. The van der Waals surface area contributed by atoms with E-state index in [-0.39, 0.29) is 12.5 Å². The van der Waals surface area contributed by atoms with E-state index in [0.717, 1.165) is 21.8 Å². The van der Waals surface area contributed by atoms with E-state index >= 15 is 0 Å². The highest BCUT2D eigenvalue weighted by atomic mass is 35.5. The lowest BCUT2D eigenvalue weighted by atomic mass is 10.2. The van der Waals surface area contributed by atoms with Gasteiger partial charge in [-0.15, -0.1) is 0 Å². The van der Waals surface area contributed by atoms with Crippen molar-refractivity contribution in [3.8, 4) is 0 Å². The molecule has 2 aromatic rings. The van der Waals surface area contributed by atoms with Gasteiger partial charge in [-0.25, -0.2) is 0 Å². The maximum absolute atomic E-state index is 11.8. The number of rotatable bonds is 8. The van der Waals surface area contributed by atoms with E-state index in [1.165, 1.54) is 0 Å². The number of benzene rings is 2. The molecule has 0 bridgehead atoms. The molecule has 126 valence electrons. The molecule has 0 fully saturated rings. The lowest BCUT2D eigenvalue weighted by Crippen LogP contribution is -2.22. The molecule has 0 saturated carbocycles. The van der Waals surface area contributed by atoms with Crippen molar-refractivity contribution >= 4 is 35.3 Å². The van der Waals surface area contributed by atoms with E-state index in [1.54, 1.807) is 17.8 Å². The van der Waals surface area contributed by atoms with Gasteiger partial charge >= 0.3 is 0 Å². The summed E-state index contributed by atoms with van der Waals surface area (Å²) in [4.78, 5) is 14.0. The molecule has 24 heavy (non-hydrogen) atoms. The molecule has 0 aromatic heterocycles. The number of carbonyl (C=O) groups is 1. The number of unbranched alkanes of at least 4 members (excludes halogenated alkanes) is 1. The molecular weight excluding hydrogens is 342 g/mol. The van der Waals surface area contributed by atoms with Crippen molar-refractivity contribution < 1.29 is 9.90 Å². The third-order valence-electron chi connectivity index (χ3n) is 3.26. The van der Waals surface area contributed by atoms with Gasteiger partial charge in [0, 0.05) is 34.0 Å². The molecular formula is C19H20ClNO2S. The summed E-state index contributed by atoms with van der Waals surface area (Å²) >= 11 is 7.54. The Hall–Kier alpha value is -1.75. The molecule has 0 aliphatic rings. The summed E-state index contributed by atoms with van der Waals surface area (Å²) in [5.41, 5.74) is 0.989. The Morgan fingerprint density at radius 2 is 1.88 bits per heavy atom. The summed E-state index contributed by atoms with van der Waals surface area (Å²) in [6.45, 7) is 0.728. The first-order chi connectivity index (χ1) is 11.7. The Morgan fingerprint density at radius 3 is 2.62 bits per heavy atom. The first-order valence-electron chi connectivity index (χ1n) is 7.78. The highest BCUT2D eigenvalue weighted by Crippen LogP contribution is 2.31. The number of carbonyl (C=O) groups excluding carboxylic acids is 1. The Bertz CT molecular complexity index is 686. The lowest BCUT2D eigenvalue weighted by molar-refractivity contribution is -0.116. The number of nitrogens with one attached hydrogen (secondary N) is 1. The standard InChI is InChI=1S/C19H20ClNO2S/c20-16-8-10-17(11-9-16)24-18-6-2-1-5-15(18)7-12-19(23)21-13-3-4-14-22/h1-2,5-12,22H,3-4,13-14H2,(H,21,23)/b12-7+. The van der Waals surface area contributed by atoms with Crippen LogP contribution in [0.1, 0.15) is 18.4 Å². The molecule has 3 nitrogen and oxygen atoms in total. The first-order valence-corrected chi connectivity index (χ1v) is 8.97. The van der Waals surface area contributed by atoms with Gasteiger partial charge in [-0.2, -0.15) is 0 Å². The van der Waals surface area contributed by atoms with Gasteiger partial charge in [-0.05, 0) is 54.8 Å². The highest BCUT2D eigenvalue weighted by molar-refractivity contribution is 7.99. The van der Waals surface area contributed by atoms with E-state index in [1.807, 2.05) is 54.6 Å². The molecule has 1 amide bonds. The third kappa shape index (κ3) is 6.40. The van der Waals surface area contributed by atoms with E-state index in [0.29, 0.717) is 18.0 Å². The first kappa shape index (κ1) is 18.6. The van der Waals surface area contributed by atoms with Crippen molar-refractivity contribution in [2.75, 3.05) is 13.2 Å². The molecule has 2 N–H and O–H groups in total. The van der Waals surface area contributed by atoms with Crippen molar-refractivity contribution in [2.24, 2.45) is 0 Å². The van der Waals surface area contributed by atoms with Gasteiger partial charge in [0.1, 0.15) is 0 Å². The SMILES string of the molecule is O=C(/C=C/c1ccccc1Sc1ccc(Cl)cc1)NCCCCO. The zero-order valence-electron chi connectivity index (χ0n) is 13.2. The summed E-state index contributed by atoms with van der Waals surface area (Å²) in [5, 5.41) is 12.2. The Balaban J connectivity index is 1.99. The quantitative estimate of drug-likeness (QED) is 0.541. The van der Waals surface area contributed by atoms with Crippen molar-refractivity contribution in [2.45, 2.75) is 22.6 Å². The van der Waals surface area contributed by atoms with E-state index in [2.05, 4.69) is 5.32 Å². The number of aliphatic hydroxyl groups excluding tert-OH is 1. The molecule has 0 heterocycles. The smallest absolute Gasteiger partial charge is 0.243 e. The molecule has 0 spiro atoms. The minimum absolute atomic E-state index is 0.126. The van der Waals surface area contributed by atoms with Gasteiger partial charge in [0.15, 0.2) is 0 Å².